The molecular formula is C20H19FN2O5S. The Kier molecular flexibility index (Phi) is 6.71. The van der Waals surface area contributed by atoms with Crippen molar-refractivity contribution in [2.75, 3.05) is 0 Å². The molecule has 0 fully saturated rings. The summed E-state index contributed by atoms with van der Waals surface area (Å²) in [6.07, 6.45) is 0.0538. The Balaban J connectivity index is 1.40. The summed E-state index contributed by atoms with van der Waals surface area (Å²) in [7, 11) is 0. The zero-order chi connectivity index (χ0) is 20.8. The molecule has 9 heteroatoms. The van der Waals surface area contributed by atoms with Crippen molar-refractivity contribution in [3.8, 4) is 5.75 Å². The fourth-order valence-electron chi connectivity index (χ4n) is 2.56. The molecule has 1 aromatic carbocycles. The molecule has 0 bridgehead atoms. The molecule has 0 saturated heterocycles. The zero-order valence-corrected chi connectivity index (χ0v) is 16.8. The first-order valence-corrected chi connectivity index (χ1v) is 9.68. The summed E-state index contributed by atoms with van der Waals surface area (Å²) >= 11 is 1.55. The predicted octanol–water partition coefficient (Wildman–Crippen LogP) is 4.17. The monoisotopic (exact) mass is 418 g/mol. The van der Waals surface area contributed by atoms with Gasteiger partial charge < -0.3 is 14.0 Å². The third-order valence-corrected chi connectivity index (χ3v) is 4.91. The summed E-state index contributed by atoms with van der Waals surface area (Å²) in [5, 5.41) is 3.72. The highest BCUT2D eigenvalue weighted by Gasteiger charge is 2.15. The van der Waals surface area contributed by atoms with Crippen LogP contribution >= 0.6 is 11.3 Å². The molecule has 29 heavy (non-hydrogen) atoms. The molecule has 0 aliphatic rings. The number of Topliss-reactive ketones (excluding diaryl/α,β-unsaturated/α-hetero) is 1. The van der Waals surface area contributed by atoms with Crippen molar-refractivity contribution < 1.29 is 28.0 Å². The van der Waals surface area contributed by atoms with Crippen LogP contribution in [0.2, 0.25) is 0 Å². The molecule has 3 aromatic rings. The minimum absolute atomic E-state index is 0.0248. The second kappa shape index (κ2) is 9.42. The number of ether oxygens (including phenoxy) is 2. The van der Waals surface area contributed by atoms with Gasteiger partial charge in [-0.25, -0.2) is 4.39 Å². The first-order valence-electron chi connectivity index (χ1n) is 8.86. The van der Waals surface area contributed by atoms with Crippen LogP contribution in [0.3, 0.4) is 0 Å². The average Bonchev–Trinajstić information content (AvgIpc) is 3.29. The number of nitrogens with zero attached hydrogens (tertiary/aromatic N) is 2. The average molecular weight is 418 g/mol. The lowest BCUT2D eigenvalue weighted by atomic mass is 10.1. The summed E-state index contributed by atoms with van der Waals surface area (Å²) in [5.41, 5.74) is 0.656. The maximum atomic E-state index is 12.9. The van der Waals surface area contributed by atoms with Crippen LogP contribution in [0.4, 0.5) is 4.39 Å². The molecule has 0 amide bonds. The van der Waals surface area contributed by atoms with Crippen molar-refractivity contribution in [3.05, 3.63) is 63.2 Å². The Morgan fingerprint density at radius 1 is 1.14 bits per heavy atom. The summed E-state index contributed by atoms with van der Waals surface area (Å²) in [6, 6.07) is 7.36. The highest BCUT2D eigenvalue weighted by molar-refractivity contribution is 7.12. The number of aryl methyl sites for hydroxylation is 2. The Morgan fingerprint density at radius 3 is 2.59 bits per heavy atom. The minimum atomic E-state index is -0.523. The second-order valence-corrected chi connectivity index (χ2v) is 7.72. The smallest absolute Gasteiger partial charge is 0.306 e. The van der Waals surface area contributed by atoms with Crippen molar-refractivity contribution in [1.29, 1.82) is 0 Å². The van der Waals surface area contributed by atoms with E-state index in [2.05, 4.69) is 10.1 Å². The Bertz CT molecular complexity index is 997. The summed E-state index contributed by atoms with van der Waals surface area (Å²) in [6.45, 7) is 3.66. The van der Waals surface area contributed by atoms with Crippen LogP contribution in [-0.4, -0.2) is 21.9 Å². The molecule has 7 nitrogen and oxygen atoms in total. The molecule has 0 spiro atoms. The normalized spacial score (nSPS) is 10.7. The number of carbonyl (C=O) groups is 2. The quantitative estimate of drug-likeness (QED) is 0.380. The summed E-state index contributed by atoms with van der Waals surface area (Å²) in [5.74, 6) is -0.120. The summed E-state index contributed by atoms with van der Waals surface area (Å²) < 4.78 is 28.3. The SMILES string of the molecule is Cc1cc(C(=O)CCC(=O)OCc2nc(COc3ccc(F)cc3)no2)c(C)s1. The van der Waals surface area contributed by atoms with E-state index in [0.717, 1.165) is 9.75 Å². The molecule has 0 radical (unpaired) electrons. The maximum absolute atomic E-state index is 12.9. The first kappa shape index (κ1) is 20.7. The van der Waals surface area contributed by atoms with Crippen LogP contribution in [-0.2, 0) is 22.7 Å². The highest BCUT2D eigenvalue weighted by atomic mass is 32.1. The van der Waals surface area contributed by atoms with E-state index in [0.29, 0.717) is 11.3 Å². The minimum Gasteiger partial charge on any atom is -0.485 e. The van der Waals surface area contributed by atoms with E-state index in [1.54, 1.807) is 11.3 Å². The molecule has 3 rings (SSSR count). The van der Waals surface area contributed by atoms with Crippen LogP contribution in [0, 0.1) is 19.7 Å². The van der Waals surface area contributed by atoms with E-state index in [1.165, 1.54) is 24.3 Å². The predicted molar refractivity (Wildman–Crippen MR) is 102 cm³/mol. The highest BCUT2D eigenvalue weighted by Crippen LogP contribution is 2.22. The molecule has 0 N–H and O–H groups in total. The van der Waals surface area contributed by atoms with Gasteiger partial charge in [-0.3, -0.25) is 9.59 Å². The largest absolute Gasteiger partial charge is 0.485 e. The van der Waals surface area contributed by atoms with E-state index >= 15 is 0 Å². The van der Waals surface area contributed by atoms with Gasteiger partial charge in [0.1, 0.15) is 11.6 Å². The number of rotatable bonds is 9. The van der Waals surface area contributed by atoms with Crippen molar-refractivity contribution in [3.63, 3.8) is 0 Å². The van der Waals surface area contributed by atoms with Gasteiger partial charge >= 0.3 is 5.97 Å². The van der Waals surface area contributed by atoms with Crippen LogP contribution in [0.5, 0.6) is 5.75 Å². The van der Waals surface area contributed by atoms with Gasteiger partial charge in [0.05, 0.1) is 6.42 Å². The number of hydrogen-bond acceptors (Lipinski definition) is 8. The van der Waals surface area contributed by atoms with E-state index < -0.39 is 5.97 Å². The molecule has 0 unspecified atom stereocenters. The summed E-state index contributed by atoms with van der Waals surface area (Å²) in [4.78, 5) is 30.1. The van der Waals surface area contributed by atoms with Crippen LogP contribution < -0.4 is 4.74 Å². The van der Waals surface area contributed by atoms with E-state index in [4.69, 9.17) is 14.0 Å². The van der Waals surface area contributed by atoms with Gasteiger partial charge in [-0.1, -0.05) is 5.16 Å². The molecule has 0 atom stereocenters. The number of ketones is 1. The molecule has 0 aliphatic carbocycles. The van der Waals surface area contributed by atoms with Crippen molar-refractivity contribution in [1.82, 2.24) is 10.1 Å². The Hall–Kier alpha value is -3.07. The third-order valence-electron chi connectivity index (χ3n) is 3.95. The Labute approximate surface area is 170 Å². The van der Waals surface area contributed by atoms with Gasteiger partial charge in [0.25, 0.3) is 5.89 Å². The van der Waals surface area contributed by atoms with Crippen molar-refractivity contribution in [2.45, 2.75) is 39.9 Å². The lowest BCUT2D eigenvalue weighted by molar-refractivity contribution is -0.145. The van der Waals surface area contributed by atoms with Gasteiger partial charge in [-0.2, -0.15) is 4.98 Å². The van der Waals surface area contributed by atoms with Gasteiger partial charge in [-0.15, -0.1) is 11.3 Å². The number of thiophene rings is 1. The fraction of sp³-hybridized carbons (Fsp3) is 0.300. The molecule has 0 aliphatic heterocycles. The van der Waals surface area contributed by atoms with Gasteiger partial charge in [0.15, 0.2) is 19.0 Å². The number of halogens is 1. The molecule has 152 valence electrons. The number of esters is 1. The van der Waals surface area contributed by atoms with Gasteiger partial charge in [-0.05, 0) is 44.2 Å². The molecule has 2 heterocycles. The molecule has 2 aromatic heterocycles. The van der Waals surface area contributed by atoms with E-state index in [9.17, 15) is 14.0 Å². The molecular weight excluding hydrogens is 399 g/mol. The first-order chi connectivity index (χ1) is 13.9. The van der Waals surface area contributed by atoms with Crippen LogP contribution in [0.25, 0.3) is 0 Å². The standard InChI is InChI=1S/C20H19FN2O5S/c1-12-9-16(13(2)29-12)17(24)7-8-20(25)27-11-19-22-18(23-28-19)10-26-15-5-3-14(21)4-6-15/h3-6,9H,7-8,10-11H2,1-2H3. The van der Waals surface area contributed by atoms with Crippen molar-refractivity contribution in [2.24, 2.45) is 0 Å². The topological polar surface area (TPSA) is 91.5 Å². The van der Waals surface area contributed by atoms with Gasteiger partial charge in [0, 0.05) is 21.7 Å². The Morgan fingerprint density at radius 2 is 1.90 bits per heavy atom. The maximum Gasteiger partial charge on any atom is 0.306 e. The van der Waals surface area contributed by atoms with E-state index in [-0.39, 0.29) is 49.4 Å². The number of hydrogen-bond donors (Lipinski definition) is 0. The lowest BCUT2D eigenvalue weighted by Gasteiger charge is -2.02. The van der Waals surface area contributed by atoms with E-state index in [1.807, 2.05) is 19.9 Å². The second-order valence-electron chi connectivity index (χ2n) is 6.26. The zero-order valence-electron chi connectivity index (χ0n) is 15.9. The number of carbonyl (C=O) groups excluding carboxylic acids is 2. The number of aromatic nitrogens is 2. The van der Waals surface area contributed by atoms with Crippen LogP contribution in [0.1, 0.15) is 44.7 Å². The lowest BCUT2D eigenvalue weighted by Crippen LogP contribution is -2.08. The third kappa shape index (κ3) is 5.95. The number of benzene rings is 1. The van der Waals surface area contributed by atoms with Crippen LogP contribution in [0.15, 0.2) is 34.9 Å². The fourth-order valence-corrected chi connectivity index (χ4v) is 3.50. The van der Waals surface area contributed by atoms with Gasteiger partial charge in [0.2, 0.25) is 5.82 Å². The molecule has 0 saturated carbocycles. The van der Waals surface area contributed by atoms with Crippen molar-refractivity contribution >= 4 is 23.1 Å².